The molecule has 0 aliphatic heterocycles. The standard InChI is InChI=1S/C17H17N3O3S2/c1-23-14-5-3-2-4-12(14)9-18-15(21)11-24-10-13-8-16(22)20-6-7-25-17(20)19-13/h2-8H,9-11H2,1H3,(H,18,21). The lowest BCUT2D eigenvalue weighted by atomic mass is 10.2. The van der Waals surface area contributed by atoms with E-state index in [1.807, 2.05) is 29.6 Å². The molecular formula is C17H17N3O3S2. The SMILES string of the molecule is COc1ccccc1CNC(=O)CSCc1cc(=O)n2ccsc2n1. The van der Waals surface area contributed by atoms with Gasteiger partial charge in [-0.15, -0.1) is 23.1 Å². The highest BCUT2D eigenvalue weighted by Gasteiger charge is 2.07. The van der Waals surface area contributed by atoms with Gasteiger partial charge in [0.05, 0.1) is 18.6 Å². The predicted molar refractivity (Wildman–Crippen MR) is 100 cm³/mol. The van der Waals surface area contributed by atoms with E-state index in [2.05, 4.69) is 10.3 Å². The molecule has 0 saturated heterocycles. The number of methoxy groups -OCH3 is 1. The number of para-hydroxylation sites is 1. The van der Waals surface area contributed by atoms with Crippen molar-refractivity contribution in [2.24, 2.45) is 0 Å². The molecule has 0 aliphatic rings. The summed E-state index contributed by atoms with van der Waals surface area (Å²) in [6.07, 6.45) is 1.71. The molecular weight excluding hydrogens is 358 g/mol. The Bertz CT molecular complexity index is 936. The molecule has 1 amide bonds. The zero-order chi connectivity index (χ0) is 17.6. The Morgan fingerprint density at radius 3 is 3.08 bits per heavy atom. The van der Waals surface area contributed by atoms with Crippen LogP contribution in [-0.4, -0.2) is 28.2 Å². The highest BCUT2D eigenvalue weighted by molar-refractivity contribution is 7.99. The molecule has 0 bridgehead atoms. The molecule has 25 heavy (non-hydrogen) atoms. The summed E-state index contributed by atoms with van der Waals surface area (Å²) >= 11 is 2.85. The summed E-state index contributed by atoms with van der Waals surface area (Å²) in [6.45, 7) is 0.421. The van der Waals surface area contributed by atoms with Crippen molar-refractivity contribution in [3.05, 3.63) is 63.5 Å². The van der Waals surface area contributed by atoms with Crippen molar-refractivity contribution >= 4 is 34.0 Å². The molecule has 3 rings (SSSR count). The van der Waals surface area contributed by atoms with Gasteiger partial charge in [0.25, 0.3) is 5.56 Å². The summed E-state index contributed by atoms with van der Waals surface area (Å²) in [7, 11) is 1.61. The molecule has 1 N–H and O–H groups in total. The van der Waals surface area contributed by atoms with Gasteiger partial charge in [0.2, 0.25) is 5.91 Å². The van der Waals surface area contributed by atoms with Crippen molar-refractivity contribution < 1.29 is 9.53 Å². The molecule has 3 aromatic rings. The summed E-state index contributed by atoms with van der Waals surface area (Å²) in [5.41, 5.74) is 1.53. The maximum Gasteiger partial charge on any atom is 0.258 e. The second kappa shape index (κ2) is 8.17. The van der Waals surface area contributed by atoms with Gasteiger partial charge in [-0.05, 0) is 6.07 Å². The molecule has 1 aromatic carbocycles. The first kappa shape index (κ1) is 17.5. The van der Waals surface area contributed by atoms with Crippen molar-refractivity contribution in [3.8, 4) is 5.75 Å². The Morgan fingerprint density at radius 2 is 2.24 bits per heavy atom. The molecule has 0 spiro atoms. The fourth-order valence-corrected chi connectivity index (χ4v) is 3.79. The first-order valence-corrected chi connectivity index (χ1v) is 9.63. The zero-order valence-electron chi connectivity index (χ0n) is 13.6. The van der Waals surface area contributed by atoms with Crippen LogP contribution in [0.1, 0.15) is 11.3 Å². The van der Waals surface area contributed by atoms with Crippen molar-refractivity contribution in [2.45, 2.75) is 12.3 Å². The smallest absolute Gasteiger partial charge is 0.258 e. The predicted octanol–water partition coefficient (Wildman–Crippen LogP) is 2.31. The van der Waals surface area contributed by atoms with Gasteiger partial charge < -0.3 is 10.1 Å². The summed E-state index contributed by atoms with van der Waals surface area (Å²) < 4.78 is 6.77. The van der Waals surface area contributed by atoms with Crippen LogP contribution in [0.3, 0.4) is 0 Å². The van der Waals surface area contributed by atoms with Crippen LogP contribution < -0.4 is 15.6 Å². The third kappa shape index (κ3) is 4.40. The van der Waals surface area contributed by atoms with Crippen molar-refractivity contribution in [1.82, 2.24) is 14.7 Å². The van der Waals surface area contributed by atoms with E-state index in [9.17, 15) is 9.59 Å². The Kier molecular flexibility index (Phi) is 5.72. The third-order valence-electron chi connectivity index (χ3n) is 3.51. The number of carbonyl (C=O) groups is 1. The molecule has 0 unspecified atom stereocenters. The molecule has 0 atom stereocenters. The van der Waals surface area contributed by atoms with Crippen molar-refractivity contribution in [2.75, 3.05) is 12.9 Å². The maximum absolute atomic E-state index is 12.0. The van der Waals surface area contributed by atoms with Gasteiger partial charge in [-0.1, -0.05) is 18.2 Å². The summed E-state index contributed by atoms with van der Waals surface area (Å²) in [4.78, 5) is 29.0. The molecule has 0 fully saturated rings. The number of hydrogen-bond acceptors (Lipinski definition) is 6. The number of fused-ring (bicyclic) bond motifs is 1. The van der Waals surface area contributed by atoms with Gasteiger partial charge in [-0.3, -0.25) is 14.0 Å². The molecule has 130 valence electrons. The molecule has 2 heterocycles. The lowest BCUT2D eigenvalue weighted by Gasteiger charge is -2.09. The number of amides is 1. The van der Waals surface area contributed by atoms with E-state index in [4.69, 9.17) is 4.74 Å². The van der Waals surface area contributed by atoms with Crippen LogP contribution in [-0.2, 0) is 17.1 Å². The van der Waals surface area contributed by atoms with Crippen LogP contribution in [0.25, 0.3) is 4.96 Å². The van der Waals surface area contributed by atoms with E-state index in [-0.39, 0.29) is 11.5 Å². The lowest BCUT2D eigenvalue weighted by molar-refractivity contribution is -0.118. The summed E-state index contributed by atoms with van der Waals surface area (Å²) in [5, 5.41) is 4.70. The second-order valence-electron chi connectivity index (χ2n) is 5.22. The van der Waals surface area contributed by atoms with Crippen LogP contribution in [0.4, 0.5) is 0 Å². The van der Waals surface area contributed by atoms with E-state index in [0.717, 1.165) is 11.3 Å². The lowest BCUT2D eigenvalue weighted by Crippen LogP contribution is -2.25. The number of nitrogens with zero attached hydrogens (tertiary/aromatic N) is 2. The van der Waals surface area contributed by atoms with Gasteiger partial charge in [0.15, 0.2) is 4.96 Å². The van der Waals surface area contributed by atoms with Gasteiger partial charge in [-0.25, -0.2) is 4.98 Å². The largest absolute Gasteiger partial charge is 0.496 e. The number of nitrogens with one attached hydrogen (secondary N) is 1. The quantitative estimate of drug-likeness (QED) is 0.686. The van der Waals surface area contributed by atoms with Crippen molar-refractivity contribution in [3.63, 3.8) is 0 Å². The van der Waals surface area contributed by atoms with E-state index in [1.54, 1.807) is 13.3 Å². The third-order valence-corrected chi connectivity index (χ3v) is 5.23. The number of thioether (sulfide) groups is 1. The minimum Gasteiger partial charge on any atom is -0.496 e. The number of rotatable bonds is 7. The van der Waals surface area contributed by atoms with Crippen LogP contribution >= 0.6 is 23.1 Å². The Hall–Kier alpha value is -2.32. The Morgan fingerprint density at radius 1 is 1.40 bits per heavy atom. The summed E-state index contributed by atoms with van der Waals surface area (Å²) in [6, 6.07) is 9.09. The number of benzene rings is 1. The molecule has 8 heteroatoms. The van der Waals surface area contributed by atoms with Gasteiger partial charge >= 0.3 is 0 Å². The van der Waals surface area contributed by atoms with Crippen LogP contribution in [0, 0.1) is 0 Å². The number of carbonyl (C=O) groups excluding carboxylic acids is 1. The van der Waals surface area contributed by atoms with Crippen LogP contribution in [0.5, 0.6) is 5.75 Å². The fourth-order valence-electron chi connectivity index (χ4n) is 2.30. The average molecular weight is 375 g/mol. The molecule has 6 nitrogen and oxygen atoms in total. The van der Waals surface area contributed by atoms with Crippen LogP contribution in [0.2, 0.25) is 0 Å². The molecule has 2 aromatic heterocycles. The molecule has 0 aliphatic carbocycles. The highest BCUT2D eigenvalue weighted by atomic mass is 32.2. The summed E-state index contributed by atoms with van der Waals surface area (Å²) in [5.74, 6) is 1.51. The molecule has 0 saturated carbocycles. The van der Waals surface area contributed by atoms with Gasteiger partial charge in [0.1, 0.15) is 5.75 Å². The monoisotopic (exact) mass is 375 g/mol. The first-order valence-electron chi connectivity index (χ1n) is 7.59. The Labute approximate surface area is 152 Å². The van der Waals surface area contributed by atoms with Crippen LogP contribution in [0.15, 0.2) is 46.7 Å². The van der Waals surface area contributed by atoms with E-state index in [0.29, 0.717) is 28.7 Å². The zero-order valence-corrected chi connectivity index (χ0v) is 15.2. The minimum absolute atomic E-state index is 0.0650. The number of ether oxygens (including phenoxy) is 1. The normalized spacial score (nSPS) is 10.8. The number of hydrogen-bond donors (Lipinski definition) is 1. The van der Waals surface area contributed by atoms with E-state index >= 15 is 0 Å². The van der Waals surface area contributed by atoms with Gasteiger partial charge in [0, 0.05) is 35.5 Å². The number of thiazole rings is 1. The minimum atomic E-state index is -0.0949. The van der Waals surface area contributed by atoms with E-state index < -0.39 is 0 Å². The number of aromatic nitrogens is 2. The van der Waals surface area contributed by atoms with Crippen molar-refractivity contribution in [1.29, 1.82) is 0 Å². The average Bonchev–Trinajstić information content (AvgIpc) is 3.09. The highest BCUT2D eigenvalue weighted by Crippen LogP contribution is 2.17. The maximum atomic E-state index is 12.0. The van der Waals surface area contributed by atoms with Gasteiger partial charge in [-0.2, -0.15) is 0 Å². The second-order valence-corrected chi connectivity index (χ2v) is 7.08. The molecule has 0 radical (unpaired) electrons. The Balaban J connectivity index is 1.49. The first-order chi connectivity index (χ1) is 12.2. The van der Waals surface area contributed by atoms with E-state index in [1.165, 1.54) is 33.6 Å². The fraction of sp³-hybridized carbons (Fsp3) is 0.235. The topological polar surface area (TPSA) is 72.7 Å².